The molecular formula is C20H31N3O. The van der Waals surface area contributed by atoms with E-state index in [1.54, 1.807) is 0 Å². The maximum atomic E-state index is 12.0. The summed E-state index contributed by atoms with van der Waals surface area (Å²) in [5.41, 5.74) is 2.78. The molecule has 0 radical (unpaired) electrons. The fraction of sp³-hybridized carbons (Fsp3) is 0.650. The topological polar surface area (TPSA) is 26.8 Å². The minimum absolute atomic E-state index is 0.314. The van der Waals surface area contributed by atoms with Crippen molar-refractivity contribution in [3.63, 3.8) is 0 Å². The maximum Gasteiger partial charge on any atom is 0.222 e. The largest absolute Gasteiger partial charge is 0.368 e. The van der Waals surface area contributed by atoms with Crippen molar-refractivity contribution in [2.24, 2.45) is 0 Å². The zero-order valence-corrected chi connectivity index (χ0v) is 15.2. The van der Waals surface area contributed by atoms with Crippen molar-refractivity contribution in [2.75, 3.05) is 50.7 Å². The van der Waals surface area contributed by atoms with Crippen molar-refractivity contribution in [1.29, 1.82) is 0 Å². The van der Waals surface area contributed by atoms with E-state index < -0.39 is 0 Å². The molecule has 2 aliphatic rings. The van der Waals surface area contributed by atoms with Gasteiger partial charge in [0.25, 0.3) is 0 Å². The van der Waals surface area contributed by atoms with Crippen molar-refractivity contribution >= 4 is 11.6 Å². The summed E-state index contributed by atoms with van der Waals surface area (Å²) in [4.78, 5) is 18.9. The Morgan fingerprint density at radius 1 is 1.04 bits per heavy atom. The molecule has 1 amide bonds. The highest BCUT2D eigenvalue weighted by molar-refractivity contribution is 5.76. The van der Waals surface area contributed by atoms with Gasteiger partial charge in [-0.15, -0.1) is 0 Å². The van der Waals surface area contributed by atoms with Crippen LogP contribution >= 0.6 is 0 Å². The Hall–Kier alpha value is -1.55. The minimum Gasteiger partial charge on any atom is -0.368 e. The Morgan fingerprint density at radius 3 is 2.33 bits per heavy atom. The highest BCUT2D eigenvalue weighted by Crippen LogP contribution is 2.28. The first-order chi connectivity index (χ1) is 11.7. The molecule has 1 atom stereocenters. The van der Waals surface area contributed by atoms with E-state index in [1.807, 2.05) is 4.90 Å². The van der Waals surface area contributed by atoms with Gasteiger partial charge in [-0.05, 0) is 49.5 Å². The lowest BCUT2D eigenvalue weighted by atomic mass is 9.98. The van der Waals surface area contributed by atoms with E-state index in [0.29, 0.717) is 18.2 Å². The molecule has 1 unspecified atom stereocenters. The third kappa shape index (κ3) is 3.92. The molecule has 2 aliphatic heterocycles. The first-order valence-electron chi connectivity index (χ1n) is 9.56. The number of piperazine rings is 1. The smallest absolute Gasteiger partial charge is 0.222 e. The van der Waals surface area contributed by atoms with Crippen LogP contribution in [0.25, 0.3) is 0 Å². The Bertz CT molecular complexity index is 534. The predicted molar refractivity (Wildman–Crippen MR) is 99.6 cm³/mol. The molecule has 0 saturated carbocycles. The molecule has 4 nitrogen and oxygen atoms in total. The van der Waals surface area contributed by atoms with Crippen LogP contribution in [0.4, 0.5) is 5.69 Å². The van der Waals surface area contributed by atoms with Gasteiger partial charge in [0.15, 0.2) is 0 Å². The fourth-order valence-electron chi connectivity index (χ4n) is 3.94. The normalized spacial score (nSPS) is 22.2. The second-order valence-corrected chi connectivity index (χ2v) is 7.09. The van der Waals surface area contributed by atoms with Crippen LogP contribution in [0.15, 0.2) is 24.3 Å². The molecule has 4 heteroatoms. The Morgan fingerprint density at radius 2 is 1.75 bits per heavy atom. The number of amides is 1. The molecule has 0 aromatic heterocycles. The van der Waals surface area contributed by atoms with Crippen LogP contribution in [0.1, 0.15) is 44.6 Å². The first kappa shape index (κ1) is 17.3. The summed E-state index contributed by atoms with van der Waals surface area (Å²) < 4.78 is 0. The van der Waals surface area contributed by atoms with Crippen LogP contribution in [-0.2, 0) is 4.79 Å². The van der Waals surface area contributed by atoms with Gasteiger partial charge >= 0.3 is 0 Å². The van der Waals surface area contributed by atoms with Crippen molar-refractivity contribution in [2.45, 2.75) is 39.0 Å². The monoisotopic (exact) mass is 329 g/mol. The second kappa shape index (κ2) is 8.02. The number of anilines is 1. The number of rotatable bonds is 5. The predicted octanol–water partition coefficient (Wildman–Crippen LogP) is 2.94. The van der Waals surface area contributed by atoms with Gasteiger partial charge in [-0.25, -0.2) is 0 Å². The van der Waals surface area contributed by atoms with Gasteiger partial charge in [0, 0.05) is 44.8 Å². The van der Waals surface area contributed by atoms with Gasteiger partial charge < -0.3 is 14.7 Å². The molecule has 0 spiro atoms. The summed E-state index contributed by atoms with van der Waals surface area (Å²) in [6.07, 6.45) is 2.91. The summed E-state index contributed by atoms with van der Waals surface area (Å²) in [6, 6.07) is 9.17. The van der Waals surface area contributed by atoms with Crippen molar-refractivity contribution < 1.29 is 4.79 Å². The lowest BCUT2D eigenvalue weighted by molar-refractivity contribution is -0.131. The van der Waals surface area contributed by atoms with E-state index in [1.165, 1.54) is 30.8 Å². The van der Waals surface area contributed by atoms with Gasteiger partial charge in [0.2, 0.25) is 5.91 Å². The van der Waals surface area contributed by atoms with Crippen LogP contribution in [0, 0.1) is 0 Å². The Balaban J connectivity index is 1.54. The van der Waals surface area contributed by atoms with Crippen molar-refractivity contribution in [3.8, 4) is 0 Å². The summed E-state index contributed by atoms with van der Waals surface area (Å²) in [6.45, 7) is 11.5. The molecule has 2 saturated heterocycles. The average molecular weight is 329 g/mol. The number of benzene rings is 1. The number of hydrogen-bond acceptors (Lipinski definition) is 3. The van der Waals surface area contributed by atoms with Crippen molar-refractivity contribution in [3.05, 3.63) is 29.8 Å². The van der Waals surface area contributed by atoms with Gasteiger partial charge in [0.05, 0.1) is 0 Å². The minimum atomic E-state index is 0.314. The lowest BCUT2D eigenvalue weighted by Gasteiger charge is -2.36. The van der Waals surface area contributed by atoms with Crippen molar-refractivity contribution in [1.82, 2.24) is 9.80 Å². The number of hydrogen-bond donors (Lipinski definition) is 0. The summed E-state index contributed by atoms with van der Waals surface area (Å²) in [5.74, 6) is 1.01. The SMILES string of the molecule is CCCC(=O)N1CCN(c2ccc(C3CCN(CC)C3)cc2)CC1. The highest BCUT2D eigenvalue weighted by Gasteiger charge is 2.23. The molecule has 0 N–H and O–H groups in total. The van der Waals surface area contributed by atoms with Gasteiger partial charge in [0.1, 0.15) is 0 Å². The third-order valence-corrected chi connectivity index (χ3v) is 5.55. The molecule has 132 valence electrons. The molecule has 2 heterocycles. The lowest BCUT2D eigenvalue weighted by Crippen LogP contribution is -2.48. The zero-order chi connectivity index (χ0) is 16.9. The maximum absolute atomic E-state index is 12.0. The zero-order valence-electron chi connectivity index (χ0n) is 15.2. The van der Waals surface area contributed by atoms with Crippen LogP contribution in [0.2, 0.25) is 0 Å². The molecule has 24 heavy (non-hydrogen) atoms. The molecular weight excluding hydrogens is 298 g/mol. The van der Waals surface area contributed by atoms with Crippen LogP contribution in [0.3, 0.4) is 0 Å². The van der Waals surface area contributed by atoms with E-state index >= 15 is 0 Å². The van der Waals surface area contributed by atoms with Gasteiger partial charge in [-0.3, -0.25) is 4.79 Å². The van der Waals surface area contributed by atoms with Crippen LogP contribution in [0.5, 0.6) is 0 Å². The first-order valence-corrected chi connectivity index (χ1v) is 9.56. The number of likely N-dealkylation sites (N-methyl/N-ethyl adjacent to an activating group) is 1. The molecule has 0 aliphatic carbocycles. The fourth-order valence-corrected chi connectivity index (χ4v) is 3.94. The molecule has 2 fully saturated rings. The van der Waals surface area contributed by atoms with Crippen LogP contribution in [-0.4, -0.2) is 61.5 Å². The molecule has 1 aromatic rings. The van der Waals surface area contributed by atoms with E-state index in [9.17, 15) is 4.79 Å². The second-order valence-electron chi connectivity index (χ2n) is 7.09. The van der Waals surface area contributed by atoms with E-state index in [-0.39, 0.29) is 0 Å². The standard InChI is InChI=1S/C20H31N3O/c1-3-5-20(24)23-14-12-22(13-15-23)19-8-6-17(7-9-19)18-10-11-21(4-2)16-18/h6-9,18H,3-5,10-16H2,1-2H3. The van der Waals surface area contributed by atoms with E-state index in [2.05, 4.69) is 47.9 Å². The average Bonchev–Trinajstić information content (AvgIpc) is 3.11. The quantitative estimate of drug-likeness (QED) is 0.831. The van der Waals surface area contributed by atoms with Gasteiger partial charge in [-0.1, -0.05) is 26.0 Å². The van der Waals surface area contributed by atoms with Gasteiger partial charge in [-0.2, -0.15) is 0 Å². The summed E-state index contributed by atoms with van der Waals surface area (Å²) in [7, 11) is 0. The molecule has 1 aromatic carbocycles. The van der Waals surface area contributed by atoms with E-state index in [0.717, 1.165) is 39.1 Å². The Labute approximate surface area is 146 Å². The summed E-state index contributed by atoms with van der Waals surface area (Å²) >= 11 is 0. The Kier molecular flexibility index (Phi) is 5.77. The number of nitrogens with zero attached hydrogens (tertiary/aromatic N) is 3. The summed E-state index contributed by atoms with van der Waals surface area (Å²) in [5, 5.41) is 0. The third-order valence-electron chi connectivity index (χ3n) is 5.55. The molecule has 0 bridgehead atoms. The number of likely N-dealkylation sites (tertiary alicyclic amines) is 1. The number of carbonyl (C=O) groups is 1. The highest BCUT2D eigenvalue weighted by atomic mass is 16.2. The molecule has 3 rings (SSSR count). The van der Waals surface area contributed by atoms with E-state index in [4.69, 9.17) is 0 Å². The van der Waals surface area contributed by atoms with Crippen LogP contribution < -0.4 is 4.90 Å². The number of carbonyl (C=O) groups excluding carboxylic acids is 1.